The van der Waals surface area contributed by atoms with Crippen LogP contribution in [0.2, 0.25) is 5.02 Å². The monoisotopic (exact) mass is 281 g/mol. The van der Waals surface area contributed by atoms with Crippen molar-refractivity contribution in [1.29, 1.82) is 0 Å². The van der Waals surface area contributed by atoms with E-state index in [0.717, 1.165) is 0 Å². The Kier molecular flexibility index (Phi) is 3.59. The lowest BCUT2D eigenvalue weighted by atomic mass is 10.2. The van der Waals surface area contributed by atoms with Crippen LogP contribution in [0.15, 0.2) is 17.0 Å². The molecule has 4 nitrogen and oxygen atoms in total. The van der Waals surface area contributed by atoms with Crippen molar-refractivity contribution < 1.29 is 17.9 Å². The number of alkyl halides is 1. The SMILES string of the molecule is CC(C)(CF)S(=O)(=O)c1c(Cl)ccc(N)c1O. The molecular weight excluding hydrogens is 269 g/mol. The Bertz CT molecular complexity index is 543. The zero-order valence-electron chi connectivity index (χ0n) is 9.37. The maximum atomic E-state index is 12.8. The van der Waals surface area contributed by atoms with Crippen molar-refractivity contribution in [2.24, 2.45) is 0 Å². The first-order valence-corrected chi connectivity index (χ1v) is 6.59. The van der Waals surface area contributed by atoms with Gasteiger partial charge in [-0.2, -0.15) is 0 Å². The number of phenols is 1. The van der Waals surface area contributed by atoms with Crippen molar-refractivity contribution >= 4 is 27.1 Å². The molecule has 0 radical (unpaired) electrons. The van der Waals surface area contributed by atoms with Gasteiger partial charge < -0.3 is 10.8 Å². The Hall–Kier alpha value is -1.01. The average molecular weight is 282 g/mol. The number of benzene rings is 1. The van der Waals surface area contributed by atoms with Crippen LogP contribution in [0.25, 0.3) is 0 Å². The summed E-state index contributed by atoms with van der Waals surface area (Å²) in [7, 11) is -4.11. The quantitative estimate of drug-likeness (QED) is 0.657. The van der Waals surface area contributed by atoms with Gasteiger partial charge >= 0.3 is 0 Å². The molecule has 0 unspecified atom stereocenters. The molecule has 0 heterocycles. The lowest BCUT2D eigenvalue weighted by Crippen LogP contribution is -2.34. The molecule has 1 rings (SSSR count). The molecule has 0 amide bonds. The summed E-state index contributed by atoms with van der Waals surface area (Å²) >= 11 is 5.73. The highest BCUT2D eigenvalue weighted by Gasteiger charge is 2.39. The maximum Gasteiger partial charge on any atom is 0.191 e. The zero-order valence-corrected chi connectivity index (χ0v) is 10.9. The molecule has 0 aliphatic rings. The van der Waals surface area contributed by atoms with Crippen LogP contribution in [0.4, 0.5) is 10.1 Å². The highest BCUT2D eigenvalue weighted by Crippen LogP contribution is 2.40. The first kappa shape index (κ1) is 14.1. The first-order chi connectivity index (χ1) is 7.65. The van der Waals surface area contributed by atoms with Crippen LogP contribution < -0.4 is 5.73 Å². The summed E-state index contributed by atoms with van der Waals surface area (Å²) < 4.78 is 35.4. The van der Waals surface area contributed by atoms with Crippen LogP contribution in [0.3, 0.4) is 0 Å². The number of hydrogen-bond acceptors (Lipinski definition) is 4. The second-order valence-electron chi connectivity index (χ2n) is 4.21. The number of anilines is 1. The van der Waals surface area contributed by atoms with E-state index in [-0.39, 0.29) is 10.7 Å². The molecule has 0 atom stereocenters. The summed E-state index contributed by atoms with van der Waals surface area (Å²) in [6, 6.07) is 2.52. The molecule has 1 aromatic rings. The third kappa shape index (κ3) is 2.19. The summed E-state index contributed by atoms with van der Waals surface area (Å²) in [5.41, 5.74) is 5.28. The van der Waals surface area contributed by atoms with Gasteiger partial charge in [0, 0.05) is 0 Å². The summed E-state index contributed by atoms with van der Waals surface area (Å²) in [5.74, 6) is -0.640. The number of sulfone groups is 1. The largest absolute Gasteiger partial charge is 0.504 e. The van der Waals surface area contributed by atoms with Gasteiger partial charge in [0.2, 0.25) is 0 Å². The highest BCUT2D eigenvalue weighted by molar-refractivity contribution is 7.93. The fraction of sp³-hybridized carbons (Fsp3) is 0.400. The van der Waals surface area contributed by atoms with E-state index in [1.54, 1.807) is 0 Å². The predicted molar refractivity (Wildman–Crippen MR) is 64.8 cm³/mol. The van der Waals surface area contributed by atoms with Gasteiger partial charge in [0.05, 0.1) is 15.5 Å². The molecule has 96 valence electrons. The number of nitrogen functional groups attached to an aromatic ring is 1. The molecule has 0 saturated heterocycles. The lowest BCUT2D eigenvalue weighted by Gasteiger charge is -2.22. The van der Waals surface area contributed by atoms with Gasteiger partial charge in [-0.15, -0.1) is 0 Å². The molecule has 17 heavy (non-hydrogen) atoms. The van der Waals surface area contributed by atoms with Gasteiger partial charge in [0.25, 0.3) is 0 Å². The fourth-order valence-electron chi connectivity index (χ4n) is 1.17. The Morgan fingerprint density at radius 3 is 2.47 bits per heavy atom. The van der Waals surface area contributed by atoms with Gasteiger partial charge in [0.1, 0.15) is 11.6 Å². The number of halogens is 2. The summed E-state index contributed by atoms with van der Waals surface area (Å²) in [6.07, 6.45) is 0. The first-order valence-electron chi connectivity index (χ1n) is 4.72. The van der Waals surface area contributed by atoms with Crippen LogP contribution in [0, 0.1) is 0 Å². The topological polar surface area (TPSA) is 80.4 Å². The van der Waals surface area contributed by atoms with E-state index in [0.29, 0.717) is 0 Å². The Morgan fingerprint density at radius 1 is 1.47 bits per heavy atom. The van der Waals surface area contributed by atoms with Crippen LogP contribution in [0.1, 0.15) is 13.8 Å². The Labute approximate surface area is 104 Å². The smallest absolute Gasteiger partial charge is 0.191 e. The molecule has 0 aliphatic heterocycles. The number of aromatic hydroxyl groups is 1. The molecule has 7 heteroatoms. The molecule has 0 spiro atoms. The molecule has 1 aromatic carbocycles. The second-order valence-corrected chi connectivity index (χ2v) is 7.14. The van der Waals surface area contributed by atoms with Crippen LogP contribution in [-0.4, -0.2) is 24.9 Å². The van der Waals surface area contributed by atoms with Crippen molar-refractivity contribution in [3.63, 3.8) is 0 Å². The summed E-state index contributed by atoms with van der Waals surface area (Å²) in [6.45, 7) is 1.32. The van der Waals surface area contributed by atoms with Gasteiger partial charge in [-0.25, -0.2) is 12.8 Å². The van der Waals surface area contributed by atoms with Crippen LogP contribution in [0.5, 0.6) is 5.75 Å². The van der Waals surface area contributed by atoms with Gasteiger partial charge in [-0.1, -0.05) is 11.6 Å². The highest BCUT2D eigenvalue weighted by atomic mass is 35.5. The third-order valence-corrected chi connectivity index (χ3v) is 5.37. The minimum absolute atomic E-state index is 0.123. The van der Waals surface area contributed by atoms with E-state index < -0.39 is 31.9 Å². The molecule has 0 aliphatic carbocycles. The number of phenolic OH excluding ortho intramolecular Hbond substituents is 1. The van der Waals surface area contributed by atoms with Gasteiger partial charge in [-0.3, -0.25) is 0 Å². The lowest BCUT2D eigenvalue weighted by molar-refractivity contribution is 0.407. The Morgan fingerprint density at radius 2 is 2.00 bits per heavy atom. The standard InChI is InChI=1S/C10H13ClFNO3S/c1-10(2,5-12)17(15,16)9-6(11)3-4-7(13)8(9)14/h3-4,14H,5,13H2,1-2H3. The minimum Gasteiger partial charge on any atom is -0.504 e. The Balaban J connectivity index is 3.61. The van der Waals surface area contributed by atoms with Crippen molar-refractivity contribution in [3.8, 4) is 5.75 Å². The van der Waals surface area contributed by atoms with Crippen LogP contribution in [-0.2, 0) is 9.84 Å². The maximum absolute atomic E-state index is 12.8. The van der Waals surface area contributed by atoms with Gasteiger partial charge in [0.15, 0.2) is 15.6 Å². The van der Waals surface area contributed by atoms with E-state index in [1.807, 2.05) is 0 Å². The van der Waals surface area contributed by atoms with Crippen molar-refractivity contribution in [2.75, 3.05) is 12.4 Å². The number of rotatable bonds is 3. The molecular formula is C10H13ClFNO3S. The summed E-state index contributed by atoms with van der Waals surface area (Å²) in [5, 5.41) is 9.48. The molecule has 0 fully saturated rings. The predicted octanol–water partition coefficient (Wildman–Crippen LogP) is 2.15. The average Bonchev–Trinajstić information content (AvgIpc) is 2.23. The summed E-state index contributed by atoms with van der Waals surface area (Å²) in [4.78, 5) is -0.526. The van der Waals surface area contributed by atoms with Crippen molar-refractivity contribution in [1.82, 2.24) is 0 Å². The van der Waals surface area contributed by atoms with E-state index in [1.165, 1.54) is 26.0 Å². The third-order valence-electron chi connectivity index (χ3n) is 2.43. The van der Waals surface area contributed by atoms with Crippen molar-refractivity contribution in [3.05, 3.63) is 17.2 Å². The molecule has 0 saturated carbocycles. The normalized spacial score (nSPS) is 12.7. The molecule has 0 aromatic heterocycles. The van der Waals surface area contributed by atoms with E-state index in [4.69, 9.17) is 17.3 Å². The van der Waals surface area contributed by atoms with E-state index >= 15 is 0 Å². The second kappa shape index (κ2) is 4.34. The van der Waals surface area contributed by atoms with E-state index in [2.05, 4.69) is 0 Å². The minimum atomic E-state index is -4.11. The van der Waals surface area contributed by atoms with Crippen LogP contribution >= 0.6 is 11.6 Å². The van der Waals surface area contributed by atoms with Crippen molar-refractivity contribution in [2.45, 2.75) is 23.5 Å². The number of hydrogen-bond donors (Lipinski definition) is 2. The fourth-order valence-corrected chi connectivity index (χ4v) is 3.02. The van der Waals surface area contributed by atoms with E-state index in [9.17, 15) is 17.9 Å². The zero-order chi connectivity index (χ0) is 13.4. The number of nitrogens with two attached hydrogens (primary N) is 1. The molecule has 3 N–H and O–H groups in total. The van der Waals surface area contributed by atoms with Gasteiger partial charge in [-0.05, 0) is 26.0 Å². The molecule has 0 bridgehead atoms.